The van der Waals surface area contributed by atoms with Crippen molar-refractivity contribution in [2.75, 3.05) is 25.0 Å². The molecule has 0 saturated heterocycles. The molecule has 3 rings (SSSR count). The van der Waals surface area contributed by atoms with Crippen LogP contribution in [-0.2, 0) is 21.2 Å². The van der Waals surface area contributed by atoms with E-state index in [1.54, 1.807) is 19.9 Å². The minimum absolute atomic E-state index is 0.122. The summed E-state index contributed by atoms with van der Waals surface area (Å²) in [6, 6.07) is 12.3. The Hall–Kier alpha value is -2.84. The number of para-hydroxylation sites is 1. The van der Waals surface area contributed by atoms with Crippen molar-refractivity contribution in [3.8, 4) is 5.75 Å². The van der Waals surface area contributed by atoms with Crippen molar-refractivity contribution < 1.29 is 17.9 Å². The lowest BCUT2D eigenvalue weighted by molar-refractivity contribution is -0.115. The Bertz CT molecular complexity index is 1130. The first-order chi connectivity index (χ1) is 14.4. The molecule has 7 nitrogen and oxygen atoms in total. The van der Waals surface area contributed by atoms with E-state index >= 15 is 0 Å². The Labute approximate surface area is 177 Å². The second-order valence-corrected chi connectivity index (χ2v) is 8.70. The third kappa shape index (κ3) is 4.49. The summed E-state index contributed by atoms with van der Waals surface area (Å²) >= 11 is 0. The summed E-state index contributed by atoms with van der Waals surface area (Å²) in [4.78, 5) is 16.0. The van der Waals surface area contributed by atoms with E-state index < -0.39 is 10.0 Å². The Morgan fingerprint density at radius 3 is 2.53 bits per heavy atom. The van der Waals surface area contributed by atoms with Gasteiger partial charge < -0.3 is 15.0 Å². The van der Waals surface area contributed by atoms with Gasteiger partial charge >= 0.3 is 0 Å². The lowest BCUT2D eigenvalue weighted by Crippen LogP contribution is -2.30. The van der Waals surface area contributed by atoms with Crippen molar-refractivity contribution in [1.29, 1.82) is 0 Å². The fourth-order valence-electron chi connectivity index (χ4n) is 3.41. The van der Waals surface area contributed by atoms with E-state index in [0.717, 1.165) is 16.5 Å². The molecule has 0 atom stereocenters. The summed E-state index contributed by atoms with van der Waals surface area (Å²) in [6.07, 6.45) is 1.97. The molecule has 0 aliphatic rings. The molecule has 160 valence electrons. The fraction of sp³-hybridized carbons (Fsp3) is 0.318. The van der Waals surface area contributed by atoms with Crippen molar-refractivity contribution in [2.45, 2.75) is 32.1 Å². The summed E-state index contributed by atoms with van der Waals surface area (Å²) in [6.45, 7) is 6.55. The molecule has 0 bridgehead atoms. The molecule has 0 aliphatic carbocycles. The van der Waals surface area contributed by atoms with E-state index in [1.807, 2.05) is 37.4 Å². The first kappa shape index (κ1) is 21.9. The number of fused-ring (bicyclic) bond motifs is 1. The molecule has 1 amide bonds. The highest BCUT2D eigenvalue weighted by molar-refractivity contribution is 7.89. The van der Waals surface area contributed by atoms with Crippen LogP contribution in [0.4, 0.5) is 5.69 Å². The van der Waals surface area contributed by atoms with E-state index in [2.05, 4.69) is 10.3 Å². The number of aromatic nitrogens is 1. The number of nitrogens with zero attached hydrogens (tertiary/aromatic N) is 1. The van der Waals surface area contributed by atoms with Gasteiger partial charge in [0.2, 0.25) is 15.9 Å². The largest absolute Gasteiger partial charge is 0.492 e. The van der Waals surface area contributed by atoms with Crippen LogP contribution < -0.4 is 10.1 Å². The maximum atomic E-state index is 12.9. The van der Waals surface area contributed by atoms with Gasteiger partial charge in [-0.2, -0.15) is 4.31 Å². The van der Waals surface area contributed by atoms with Crippen LogP contribution in [0.2, 0.25) is 0 Å². The first-order valence-electron chi connectivity index (χ1n) is 10.0. The van der Waals surface area contributed by atoms with E-state index in [0.29, 0.717) is 31.1 Å². The Morgan fingerprint density at radius 2 is 1.83 bits per heavy atom. The number of carbonyl (C=O) groups is 1. The van der Waals surface area contributed by atoms with Gasteiger partial charge in [0.15, 0.2) is 0 Å². The van der Waals surface area contributed by atoms with Crippen LogP contribution in [0.25, 0.3) is 10.9 Å². The van der Waals surface area contributed by atoms with Crippen LogP contribution in [0, 0.1) is 0 Å². The van der Waals surface area contributed by atoms with Gasteiger partial charge in [0, 0.05) is 30.2 Å². The molecule has 0 aliphatic heterocycles. The molecule has 30 heavy (non-hydrogen) atoms. The predicted molar refractivity (Wildman–Crippen MR) is 118 cm³/mol. The SMILES string of the molecule is CCOc1ccc(S(=O)(=O)N(CC)CC)cc1NC(=O)Cc1c[nH]c2ccccc12. The van der Waals surface area contributed by atoms with Crippen molar-refractivity contribution >= 4 is 32.5 Å². The maximum absolute atomic E-state index is 12.9. The Morgan fingerprint density at radius 1 is 1.10 bits per heavy atom. The minimum Gasteiger partial charge on any atom is -0.492 e. The van der Waals surface area contributed by atoms with E-state index in [4.69, 9.17) is 4.74 Å². The van der Waals surface area contributed by atoms with Gasteiger partial charge in [-0.25, -0.2) is 8.42 Å². The number of ether oxygens (including phenoxy) is 1. The number of aromatic amines is 1. The Kier molecular flexibility index (Phi) is 6.79. The molecular weight excluding hydrogens is 402 g/mol. The zero-order valence-electron chi connectivity index (χ0n) is 17.4. The van der Waals surface area contributed by atoms with Crippen molar-refractivity contribution in [2.24, 2.45) is 0 Å². The van der Waals surface area contributed by atoms with Crippen LogP contribution in [0.3, 0.4) is 0 Å². The number of anilines is 1. The second-order valence-electron chi connectivity index (χ2n) is 6.76. The summed E-state index contributed by atoms with van der Waals surface area (Å²) in [5.41, 5.74) is 2.17. The number of hydrogen-bond donors (Lipinski definition) is 2. The zero-order valence-corrected chi connectivity index (χ0v) is 18.3. The third-order valence-electron chi connectivity index (χ3n) is 4.89. The Balaban J connectivity index is 1.88. The normalized spacial score (nSPS) is 11.7. The number of sulfonamides is 1. The molecule has 2 N–H and O–H groups in total. The highest BCUT2D eigenvalue weighted by Gasteiger charge is 2.23. The number of hydrogen-bond acceptors (Lipinski definition) is 4. The molecule has 0 radical (unpaired) electrons. The highest BCUT2D eigenvalue weighted by Crippen LogP contribution is 2.30. The number of nitrogens with one attached hydrogen (secondary N) is 2. The first-order valence-corrected chi connectivity index (χ1v) is 11.5. The number of benzene rings is 2. The van der Waals surface area contributed by atoms with Gasteiger partial charge in [-0.1, -0.05) is 32.0 Å². The summed E-state index contributed by atoms with van der Waals surface area (Å²) in [5.74, 6) is 0.182. The molecule has 1 aromatic heterocycles. The summed E-state index contributed by atoms with van der Waals surface area (Å²) < 4.78 is 32.7. The maximum Gasteiger partial charge on any atom is 0.243 e. The molecule has 0 unspecified atom stereocenters. The van der Waals surface area contributed by atoms with E-state index in [9.17, 15) is 13.2 Å². The summed E-state index contributed by atoms with van der Waals surface area (Å²) in [7, 11) is -3.65. The van der Waals surface area contributed by atoms with Gasteiger partial charge in [-0.3, -0.25) is 4.79 Å². The van der Waals surface area contributed by atoms with Crippen LogP contribution in [0.1, 0.15) is 26.3 Å². The van der Waals surface area contributed by atoms with E-state index in [1.165, 1.54) is 16.4 Å². The highest BCUT2D eigenvalue weighted by atomic mass is 32.2. The number of H-pyrrole nitrogens is 1. The quantitative estimate of drug-likeness (QED) is 0.542. The number of carbonyl (C=O) groups excluding carboxylic acids is 1. The van der Waals surface area contributed by atoms with Gasteiger partial charge in [0.25, 0.3) is 0 Å². The fourth-order valence-corrected chi connectivity index (χ4v) is 4.89. The average molecular weight is 430 g/mol. The minimum atomic E-state index is -3.65. The summed E-state index contributed by atoms with van der Waals surface area (Å²) in [5, 5.41) is 3.81. The molecule has 2 aromatic carbocycles. The van der Waals surface area contributed by atoms with Crippen LogP contribution >= 0.6 is 0 Å². The van der Waals surface area contributed by atoms with Crippen molar-refractivity contribution in [3.05, 3.63) is 54.2 Å². The van der Waals surface area contributed by atoms with Crippen LogP contribution in [-0.4, -0.2) is 43.3 Å². The second kappa shape index (κ2) is 9.32. The molecule has 0 spiro atoms. The van der Waals surface area contributed by atoms with Gasteiger partial charge in [-0.15, -0.1) is 0 Å². The van der Waals surface area contributed by atoms with Crippen molar-refractivity contribution in [1.82, 2.24) is 9.29 Å². The molecule has 8 heteroatoms. The standard InChI is InChI=1S/C22H27N3O4S/c1-4-25(5-2)30(27,28)17-11-12-21(29-6-3)20(14-17)24-22(26)13-16-15-23-19-10-8-7-9-18(16)19/h7-12,14-15,23H,4-6,13H2,1-3H3,(H,24,26). The molecule has 0 saturated carbocycles. The lowest BCUT2D eigenvalue weighted by atomic mass is 10.1. The molecule has 0 fully saturated rings. The van der Waals surface area contributed by atoms with Crippen molar-refractivity contribution in [3.63, 3.8) is 0 Å². The predicted octanol–water partition coefficient (Wildman–Crippen LogP) is 3.78. The van der Waals surface area contributed by atoms with Gasteiger partial charge in [-0.05, 0) is 36.8 Å². The zero-order chi connectivity index (χ0) is 21.7. The smallest absolute Gasteiger partial charge is 0.243 e. The van der Waals surface area contributed by atoms with Gasteiger partial charge in [0.05, 0.1) is 23.6 Å². The van der Waals surface area contributed by atoms with Crippen LogP contribution in [0.15, 0.2) is 53.6 Å². The average Bonchev–Trinajstić information content (AvgIpc) is 3.13. The van der Waals surface area contributed by atoms with E-state index in [-0.39, 0.29) is 17.2 Å². The monoisotopic (exact) mass is 429 g/mol. The van der Waals surface area contributed by atoms with Crippen LogP contribution in [0.5, 0.6) is 5.75 Å². The van der Waals surface area contributed by atoms with Gasteiger partial charge in [0.1, 0.15) is 5.75 Å². The topological polar surface area (TPSA) is 91.5 Å². The molecule has 3 aromatic rings. The molecule has 1 heterocycles. The number of rotatable bonds is 9. The lowest BCUT2D eigenvalue weighted by Gasteiger charge is -2.20. The third-order valence-corrected chi connectivity index (χ3v) is 6.94. The molecular formula is C22H27N3O4S. The number of amides is 1.